The second kappa shape index (κ2) is 3.20. The number of carboxylic acid groups (broad SMARTS) is 1. The lowest BCUT2D eigenvalue weighted by atomic mass is 9.91. The van der Waals surface area contributed by atoms with Gasteiger partial charge in [-0.3, -0.25) is 9.88 Å². The van der Waals surface area contributed by atoms with E-state index in [9.17, 15) is 4.79 Å². The molecule has 1 aromatic rings. The van der Waals surface area contributed by atoms with E-state index >= 15 is 0 Å². The van der Waals surface area contributed by atoms with E-state index in [-0.39, 0.29) is 5.41 Å². The number of fused-ring (bicyclic) bond motifs is 1. The monoisotopic (exact) mass is 270 g/mol. The Balaban J connectivity index is 2.58. The summed E-state index contributed by atoms with van der Waals surface area (Å²) in [7, 11) is 0. The van der Waals surface area contributed by atoms with Crippen molar-refractivity contribution in [1.29, 1.82) is 0 Å². The fourth-order valence-corrected chi connectivity index (χ4v) is 2.20. The van der Waals surface area contributed by atoms with Crippen LogP contribution in [-0.4, -0.2) is 22.7 Å². The molecule has 15 heavy (non-hydrogen) atoms. The Morgan fingerprint density at radius 3 is 2.93 bits per heavy atom. The van der Waals surface area contributed by atoms with Gasteiger partial charge in [0.05, 0.1) is 11.4 Å². The summed E-state index contributed by atoms with van der Waals surface area (Å²) in [5.41, 5.74) is 1.31. The molecule has 0 spiro atoms. The maximum Gasteiger partial charge on any atom is 0.411 e. The van der Waals surface area contributed by atoms with Crippen molar-refractivity contribution in [1.82, 2.24) is 4.98 Å². The second-order valence-corrected chi connectivity index (χ2v) is 5.19. The van der Waals surface area contributed by atoms with E-state index in [1.165, 1.54) is 4.90 Å². The number of amides is 1. The molecule has 2 rings (SSSR count). The number of hydrogen-bond acceptors (Lipinski definition) is 2. The molecule has 0 unspecified atom stereocenters. The van der Waals surface area contributed by atoms with Crippen LogP contribution >= 0.6 is 15.9 Å². The molecule has 1 N–H and O–H groups in total. The molecule has 0 bridgehead atoms. The zero-order valence-electron chi connectivity index (χ0n) is 8.49. The summed E-state index contributed by atoms with van der Waals surface area (Å²) in [6.07, 6.45) is 0.771. The summed E-state index contributed by atoms with van der Waals surface area (Å²) in [5.74, 6) is 0. The van der Waals surface area contributed by atoms with E-state index in [1.807, 2.05) is 13.8 Å². The Morgan fingerprint density at radius 2 is 2.33 bits per heavy atom. The van der Waals surface area contributed by atoms with Gasteiger partial charge in [-0.15, -0.1) is 0 Å². The lowest BCUT2D eigenvalue weighted by molar-refractivity contribution is 0.201. The molecule has 0 atom stereocenters. The predicted octanol–water partition coefficient (Wildman–Crippen LogP) is 2.62. The van der Waals surface area contributed by atoms with E-state index in [4.69, 9.17) is 5.11 Å². The fraction of sp³-hybridized carbons (Fsp3) is 0.400. The van der Waals surface area contributed by atoms with Gasteiger partial charge in [0.25, 0.3) is 0 Å². The Bertz CT molecular complexity index is 431. The molecular weight excluding hydrogens is 260 g/mol. The van der Waals surface area contributed by atoms with Crippen molar-refractivity contribution in [3.8, 4) is 0 Å². The van der Waals surface area contributed by atoms with Crippen LogP contribution in [0.15, 0.2) is 16.7 Å². The predicted molar refractivity (Wildman–Crippen MR) is 60.3 cm³/mol. The van der Waals surface area contributed by atoms with E-state index in [0.717, 1.165) is 10.2 Å². The third-order valence-electron chi connectivity index (χ3n) is 2.55. The summed E-state index contributed by atoms with van der Waals surface area (Å²) in [4.78, 5) is 16.7. The van der Waals surface area contributed by atoms with Crippen molar-refractivity contribution in [2.45, 2.75) is 19.3 Å². The van der Waals surface area contributed by atoms with Crippen molar-refractivity contribution < 1.29 is 9.90 Å². The number of halogens is 1. The Morgan fingerprint density at radius 1 is 1.67 bits per heavy atom. The molecule has 0 radical (unpaired) electrons. The number of rotatable bonds is 0. The summed E-state index contributed by atoms with van der Waals surface area (Å²) in [6, 6.07) is 1.80. The van der Waals surface area contributed by atoms with Crippen LogP contribution in [0.3, 0.4) is 0 Å². The van der Waals surface area contributed by atoms with Crippen LogP contribution in [0.2, 0.25) is 0 Å². The van der Waals surface area contributed by atoms with Gasteiger partial charge < -0.3 is 5.11 Å². The summed E-state index contributed by atoms with van der Waals surface area (Å²) >= 11 is 3.30. The quantitative estimate of drug-likeness (QED) is 0.789. The number of carbonyl (C=O) groups is 1. The van der Waals surface area contributed by atoms with Crippen LogP contribution in [0.1, 0.15) is 19.5 Å². The zero-order chi connectivity index (χ0) is 11.2. The van der Waals surface area contributed by atoms with Gasteiger partial charge >= 0.3 is 6.09 Å². The highest BCUT2D eigenvalue weighted by atomic mass is 79.9. The van der Waals surface area contributed by atoms with Crippen molar-refractivity contribution in [2.75, 3.05) is 11.4 Å². The van der Waals surface area contributed by atoms with Crippen molar-refractivity contribution in [3.63, 3.8) is 0 Å². The molecule has 0 aliphatic carbocycles. The smallest absolute Gasteiger partial charge is 0.411 e. The van der Waals surface area contributed by atoms with Gasteiger partial charge in [0.1, 0.15) is 0 Å². The first-order chi connectivity index (χ1) is 6.92. The highest BCUT2D eigenvalue weighted by Crippen LogP contribution is 2.39. The van der Waals surface area contributed by atoms with Gasteiger partial charge in [-0.25, -0.2) is 4.79 Å². The number of pyridine rings is 1. The molecule has 1 amide bonds. The first kappa shape index (κ1) is 10.4. The van der Waals surface area contributed by atoms with Gasteiger partial charge in [-0.2, -0.15) is 0 Å². The maximum absolute atomic E-state index is 11.0. The minimum atomic E-state index is -0.929. The molecule has 5 heteroatoms. The van der Waals surface area contributed by atoms with Gasteiger partial charge in [0.2, 0.25) is 0 Å². The minimum Gasteiger partial charge on any atom is -0.465 e. The Hall–Kier alpha value is -1.10. The first-order valence-electron chi connectivity index (χ1n) is 4.58. The van der Waals surface area contributed by atoms with Crippen LogP contribution in [0.25, 0.3) is 0 Å². The number of anilines is 1. The summed E-state index contributed by atoms with van der Waals surface area (Å²) < 4.78 is 0.796. The van der Waals surface area contributed by atoms with Crippen molar-refractivity contribution >= 4 is 27.7 Å². The van der Waals surface area contributed by atoms with Crippen LogP contribution in [-0.2, 0) is 5.41 Å². The zero-order valence-corrected chi connectivity index (χ0v) is 10.1. The van der Waals surface area contributed by atoms with Gasteiger partial charge in [-0.05, 0) is 22.0 Å². The number of nitrogens with zero attached hydrogens (tertiary/aromatic N) is 2. The van der Waals surface area contributed by atoms with Gasteiger partial charge in [0.15, 0.2) is 0 Å². The normalized spacial score (nSPS) is 17.7. The van der Waals surface area contributed by atoms with Crippen LogP contribution < -0.4 is 4.90 Å². The number of hydrogen-bond donors (Lipinski definition) is 1. The fourth-order valence-electron chi connectivity index (χ4n) is 1.88. The summed E-state index contributed by atoms with van der Waals surface area (Å²) in [6.45, 7) is 4.45. The molecule has 0 fully saturated rings. The van der Waals surface area contributed by atoms with E-state index in [0.29, 0.717) is 12.2 Å². The molecular formula is C10H11BrN2O2. The van der Waals surface area contributed by atoms with Crippen LogP contribution in [0.5, 0.6) is 0 Å². The van der Waals surface area contributed by atoms with Crippen molar-refractivity contribution in [2.24, 2.45) is 0 Å². The average Bonchev–Trinajstić information content (AvgIpc) is 2.38. The lowest BCUT2D eigenvalue weighted by Gasteiger charge is -2.17. The van der Waals surface area contributed by atoms with Gasteiger partial charge in [0, 0.05) is 22.6 Å². The van der Waals surface area contributed by atoms with Gasteiger partial charge in [-0.1, -0.05) is 13.8 Å². The average molecular weight is 271 g/mol. The first-order valence-corrected chi connectivity index (χ1v) is 5.37. The molecule has 0 aromatic carbocycles. The molecule has 2 heterocycles. The largest absolute Gasteiger partial charge is 0.465 e. The molecule has 80 valence electrons. The van der Waals surface area contributed by atoms with Crippen LogP contribution in [0, 0.1) is 0 Å². The topological polar surface area (TPSA) is 53.4 Å². The third kappa shape index (κ3) is 1.61. The SMILES string of the molecule is CC1(C)CN(C(=O)O)c2cc(Br)cnc21. The van der Waals surface area contributed by atoms with Crippen molar-refractivity contribution in [3.05, 3.63) is 22.4 Å². The molecule has 0 saturated heterocycles. The van der Waals surface area contributed by atoms with E-state index in [2.05, 4.69) is 20.9 Å². The molecule has 1 aliphatic rings. The Labute approximate surface area is 96.1 Å². The third-order valence-corrected chi connectivity index (χ3v) is 2.98. The van der Waals surface area contributed by atoms with Crippen LogP contribution in [0.4, 0.5) is 10.5 Å². The second-order valence-electron chi connectivity index (χ2n) is 4.27. The molecule has 4 nitrogen and oxygen atoms in total. The lowest BCUT2D eigenvalue weighted by Crippen LogP contribution is -2.32. The molecule has 1 aliphatic heterocycles. The minimum absolute atomic E-state index is 0.214. The maximum atomic E-state index is 11.0. The highest BCUT2D eigenvalue weighted by Gasteiger charge is 2.39. The van der Waals surface area contributed by atoms with E-state index in [1.54, 1.807) is 12.3 Å². The number of aromatic nitrogens is 1. The standard InChI is InChI=1S/C10H11BrN2O2/c1-10(2)5-13(9(14)15)7-3-6(11)4-12-8(7)10/h3-4H,5H2,1-2H3,(H,14,15). The molecule has 0 saturated carbocycles. The Kier molecular flexibility index (Phi) is 2.22. The van der Waals surface area contributed by atoms with E-state index < -0.39 is 6.09 Å². The summed E-state index contributed by atoms with van der Waals surface area (Å²) in [5, 5.41) is 9.07. The highest BCUT2D eigenvalue weighted by molar-refractivity contribution is 9.10. The molecule has 1 aromatic heterocycles.